The van der Waals surface area contributed by atoms with E-state index in [1.54, 1.807) is 0 Å². The summed E-state index contributed by atoms with van der Waals surface area (Å²) in [6.45, 7) is 9.42. The zero-order valence-corrected chi connectivity index (χ0v) is 11.7. The molecule has 1 aliphatic carbocycles. The fourth-order valence-electron chi connectivity index (χ4n) is 2.00. The number of rotatable bonds is 7. The maximum absolute atomic E-state index is 4.37. The van der Waals surface area contributed by atoms with Gasteiger partial charge in [0.2, 0.25) is 0 Å². The molecule has 1 saturated carbocycles. The minimum absolute atomic E-state index is 0.486. The number of hydrogen-bond donors (Lipinski definition) is 1. The van der Waals surface area contributed by atoms with Crippen molar-refractivity contribution < 1.29 is 0 Å². The van der Waals surface area contributed by atoms with Crippen LogP contribution >= 0.6 is 0 Å². The Labute approximate surface area is 110 Å². The first-order valence-electron chi connectivity index (χ1n) is 7.00. The molecule has 1 heterocycles. The van der Waals surface area contributed by atoms with Gasteiger partial charge in [-0.1, -0.05) is 6.92 Å². The maximum atomic E-state index is 4.37. The molecule has 0 atom stereocenters. The van der Waals surface area contributed by atoms with E-state index in [1.165, 1.54) is 12.8 Å². The predicted octanol–water partition coefficient (Wildman–Crippen LogP) is 2.21. The Kier molecular flexibility index (Phi) is 4.53. The number of nitrogens with one attached hydrogen (secondary N) is 1. The van der Waals surface area contributed by atoms with E-state index in [1.807, 2.05) is 0 Å². The van der Waals surface area contributed by atoms with Crippen LogP contribution in [0.1, 0.15) is 39.3 Å². The molecule has 0 aliphatic heterocycles. The van der Waals surface area contributed by atoms with Crippen molar-refractivity contribution in [2.45, 2.75) is 46.2 Å². The smallest absolute Gasteiger partial charge is 0.151 e. The Morgan fingerprint density at radius 2 is 2.11 bits per heavy atom. The lowest BCUT2D eigenvalue weighted by atomic mass is 10.2. The Morgan fingerprint density at radius 1 is 1.33 bits per heavy atom. The van der Waals surface area contributed by atoms with Crippen LogP contribution in [-0.2, 0) is 6.54 Å². The van der Waals surface area contributed by atoms with Gasteiger partial charge in [0.05, 0.1) is 5.69 Å². The molecular weight excluding hydrogens is 224 g/mol. The second-order valence-corrected chi connectivity index (χ2v) is 5.35. The highest BCUT2D eigenvalue weighted by molar-refractivity contribution is 5.38. The molecule has 0 radical (unpaired) electrons. The van der Waals surface area contributed by atoms with Crippen LogP contribution in [0.15, 0.2) is 12.1 Å². The predicted molar refractivity (Wildman–Crippen MR) is 74.6 cm³/mol. The molecule has 18 heavy (non-hydrogen) atoms. The first kappa shape index (κ1) is 13.3. The average Bonchev–Trinajstić information content (AvgIpc) is 3.18. The molecule has 0 bridgehead atoms. The Hall–Kier alpha value is -1.16. The molecule has 1 N–H and O–H groups in total. The van der Waals surface area contributed by atoms with Crippen LogP contribution in [0.4, 0.5) is 5.82 Å². The van der Waals surface area contributed by atoms with Gasteiger partial charge in [-0.15, -0.1) is 5.10 Å². The molecule has 1 aromatic rings. The number of anilines is 1. The van der Waals surface area contributed by atoms with Crippen molar-refractivity contribution in [2.24, 2.45) is 5.92 Å². The molecule has 1 aliphatic rings. The summed E-state index contributed by atoms with van der Waals surface area (Å²) in [5.41, 5.74) is 1.01. The Bertz CT molecular complexity index is 357. The third-order valence-electron chi connectivity index (χ3n) is 3.33. The van der Waals surface area contributed by atoms with Gasteiger partial charge in [-0.25, -0.2) is 0 Å². The molecule has 0 saturated heterocycles. The summed E-state index contributed by atoms with van der Waals surface area (Å²) in [5.74, 6) is 1.88. The van der Waals surface area contributed by atoms with Crippen molar-refractivity contribution in [1.82, 2.24) is 15.5 Å². The third-order valence-corrected chi connectivity index (χ3v) is 3.33. The normalized spacial score (nSPS) is 15.1. The topological polar surface area (TPSA) is 41.0 Å². The first-order chi connectivity index (χ1) is 8.70. The lowest BCUT2D eigenvalue weighted by molar-refractivity contribution is 0.627. The van der Waals surface area contributed by atoms with Gasteiger partial charge in [-0.2, -0.15) is 5.10 Å². The highest BCUT2D eigenvalue weighted by Gasteiger charge is 2.26. The molecule has 1 fully saturated rings. The second-order valence-electron chi connectivity index (χ2n) is 5.35. The molecule has 0 aromatic carbocycles. The molecule has 0 amide bonds. The second kappa shape index (κ2) is 6.14. The van der Waals surface area contributed by atoms with Crippen molar-refractivity contribution >= 4 is 5.82 Å². The van der Waals surface area contributed by atoms with E-state index in [4.69, 9.17) is 0 Å². The van der Waals surface area contributed by atoms with E-state index in [-0.39, 0.29) is 0 Å². The summed E-state index contributed by atoms with van der Waals surface area (Å²) in [4.78, 5) is 2.36. The van der Waals surface area contributed by atoms with Gasteiger partial charge < -0.3 is 10.2 Å². The van der Waals surface area contributed by atoms with E-state index >= 15 is 0 Å². The van der Waals surface area contributed by atoms with E-state index in [9.17, 15) is 0 Å². The maximum Gasteiger partial charge on any atom is 0.151 e. The van der Waals surface area contributed by atoms with Crippen LogP contribution in [0.5, 0.6) is 0 Å². The Morgan fingerprint density at radius 3 is 2.61 bits per heavy atom. The summed E-state index contributed by atoms with van der Waals surface area (Å²) < 4.78 is 0. The highest BCUT2D eigenvalue weighted by atomic mass is 15.3. The molecular formula is C14H24N4. The van der Waals surface area contributed by atoms with Crippen molar-refractivity contribution in [1.29, 1.82) is 0 Å². The highest BCUT2D eigenvalue weighted by Crippen LogP contribution is 2.31. The van der Waals surface area contributed by atoms with Crippen molar-refractivity contribution in [3.8, 4) is 0 Å². The first-order valence-corrected chi connectivity index (χ1v) is 7.00. The Balaban J connectivity index is 2.00. The summed E-state index contributed by atoms with van der Waals surface area (Å²) in [5, 5.41) is 11.9. The standard InChI is InChI=1S/C14H24N4/c1-4-15-9-13-7-8-14(17-16-13)18(11(2)3)10-12-5-6-12/h7-8,11-12,15H,4-6,9-10H2,1-3H3. The monoisotopic (exact) mass is 248 g/mol. The molecule has 100 valence electrons. The number of aromatic nitrogens is 2. The van der Waals surface area contributed by atoms with Crippen LogP contribution in [0.2, 0.25) is 0 Å². The number of hydrogen-bond acceptors (Lipinski definition) is 4. The lowest BCUT2D eigenvalue weighted by Gasteiger charge is -2.27. The minimum Gasteiger partial charge on any atom is -0.352 e. The molecule has 1 aromatic heterocycles. The van der Waals surface area contributed by atoms with Gasteiger partial charge in [0.25, 0.3) is 0 Å². The van der Waals surface area contributed by atoms with Gasteiger partial charge in [0.1, 0.15) is 0 Å². The minimum atomic E-state index is 0.486. The summed E-state index contributed by atoms with van der Waals surface area (Å²) >= 11 is 0. The van der Waals surface area contributed by atoms with E-state index in [0.29, 0.717) is 6.04 Å². The molecule has 0 unspecified atom stereocenters. The van der Waals surface area contributed by atoms with Gasteiger partial charge >= 0.3 is 0 Å². The van der Waals surface area contributed by atoms with Crippen molar-refractivity contribution in [3.05, 3.63) is 17.8 Å². The summed E-state index contributed by atoms with van der Waals surface area (Å²) in [6, 6.07) is 4.66. The molecule has 4 heteroatoms. The van der Waals surface area contributed by atoms with Crippen LogP contribution in [0, 0.1) is 5.92 Å². The summed E-state index contributed by atoms with van der Waals surface area (Å²) in [6.07, 6.45) is 2.74. The fourth-order valence-corrected chi connectivity index (χ4v) is 2.00. The van der Waals surface area contributed by atoms with E-state index in [0.717, 1.165) is 37.1 Å². The van der Waals surface area contributed by atoms with Gasteiger partial charge in [0.15, 0.2) is 5.82 Å². The quantitative estimate of drug-likeness (QED) is 0.803. The summed E-state index contributed by atoms with van der Waals surface area (Å²) in [7, 11) is 0. The van der Waals surface area contributed by atoms with Crippen LogP contribution in [0.3, 0.4) is 0 Å². The number of nitrogens with zero attached hydrogens (tertiary/aromatic N) is 3. The van der Waals surface area contributed by atoms with Crippen LogP contribution < -0.4 is 10.2 Å². The SMILES string of the molecule is CCNCc1ccc(N(CC2CC2)C(C)C)nn1. The largest absolute Gasteiger partial charge is 0.352 e. The third kappa shape index (κ3) is 3.67. The van der Waals surface area contributed by atoms with Crippen molar-refractivity contribution in [2.75, 3.05) is 18.0 Å². The lowest BCUT2D eigenvalue weighted by Crippen LogP contribution is -2.33. The average molecular weight is 248 g/mol. The molecule has 2 rings (SSSR count). The zero-order valence-electron chi connectivity index (χ0n) is 11.7. The van der Waals surface area contributed by atoms with Crippen LogP contribution in [-0.4, -0.2) is 29.3 Å². The van der Waals surface area contributed by atoms with Crippen molar-refractivity contribution in [3.63, 3.8) is 0 Å². The fraction of sp³-hybridized carbons (Fsp3) is 0.714. The van der Waals surface area contributed by atoms with Gasteiger partial charge in [-0.05, 0) is 51.3 Å². The van der Waals surface area contributed by atoms with Gasteiger partial charge in [0, 0.05) is 19.1 Å². The van der Waals surface area contributed by atoms with Crippen LogP contribution in [0.25, 0.3) is 0 Å². The van der Waals surface area contributed by atoms with E-state index < -0.39 is 0 Å². The van der Waals surface area contributed by atoms with E-state index in [2.05, 4.69) is 53.3 Å². The molecule has 4 nitrogen and oxygen atoms in total. The zero-order chi connectivity index (χ0) is 13.0. The van der Waals surface area contributed by atoms with Gasteiger partial charge in [-0.3, -0.25) is 0 Å². The molecule has 0 spiro atoms.